The normalized spacial score (nSPS) is 18.2. The third kappa shape index (κ3) is 4.03. The number of aromatic nitrogens is 4. The molecule has 29 heavy (non-hydrogen) atoms. The second-order valence-electron chi connectivity index (χ2n) is 6.93. The molecule has 2 aromatic heterocycles. The van der Waals surface area contributed by atoms with Gasteiger partial charge in [0.15, 0.2) is 21.0 Å². The first kappa shape index (κ1) is 19.6. The average molecular weight is 436 g/mol. The molecule has 1 aliphatic heterocycles. The van der Waals surface area contributed by atoms with E-state index in [0.29, 0.717) is 17.1 Å². The second-order valence-corrected chi connectivity index (χ2v) is 9.56. The van der Waals surface area contributed by atoms with Crippen molar-refractivity contribution < 1.29 is 13.2 Å². The summed E-state index contributed by atoms with van der Waals surface area (Å²) in [5.41, 5.74) is 0.747. The van der Waals surface area contributed by atoms with Gasteiger partial charge in [0, 0.05) is 11.6 Å². The minimum absolute atomic E-state index is 0.00762. The van der Waals surface area contributed by atoms with Crippen LogP contribution < -0.4 is 10.9 Å². The van der Waals surface area contributed by atoms with E-state index in [2.05, 4.69) is 15.3 Å². The number of sulfone groups is 1. The van der Waals surface area contributed by atoms with Gasteiger partial charge in [-0.05, 0) is 18.1 Å². The maximum Gasteiger partial charge on any atom is 0.281 e. The number of carbonyl (C=O) groups excluding carboxylic acids is 1. The number of rotatable bonds is 5. The molecule has 152 valence electrons. The number of nitrogens with zero attached hydrogens (tertiary/aromatic N) is 4. The van der Waals surface area contributed by atoms with Crippen LogP contribution in [-0.2, 0) is 27.7 Å². The molecule has 9 nitrogen and oxygen atoms in total. The molecule has 0 bridgehead atoms. The Hall–Kier alpha value is -2.72. The number of nitrogens with one attached hydrogen (secondary N) is 1. The van der Waals surface area contributed by atoms with Gasteiger partial charge in [-0.25, -0.2) is 18.4 Å². The standard InChI is InChI=1S/C18H18ClN5O4S/c19-14-4-2-1-3-12(14)7-20-15(25)8-23-10-22-17-16(18(23)26)21-11-24(17)13-5-6-29(27,28)9-13/h1-4,10-11,13H,5-9H2,(H,20,25). The first-order chi connectivity index (χ1) is 13.8. The van der Waals surface area contributed by atoms with Gasteiger partial charge in [-0.1, -0.05) is 29.8 Å². The van der Waals surface area contributed by atoms with Crippen LogP contribution in [0.3, 0.4) is 0 Å². The van der Waals surface area contributed by atoms with E-state index in [4.69, 9.17) is 11.6 Å². The predicted molar refractivity (Wildman–Crippen MR) is 107 cm³/mol. The third-order valence-electron chi connectivity index (χ3n) is 4.90. The third-order valence-corrected chi connectivity index (χ3v) is 7.02. The summed E-state index contributed by atoms with van der Waals surface area (Å²) in [6.45, 7) is 0.0323. The van der Waals surface area contributed by atoms with Crippen LogP contribution in [0.5, 0.6) is 0 Å². The molecule has 1 unspecified atom stereocenters. The number of hydrogen-bond acceptors (Lipinski definition) is 6. The summed E-state index contributed by atoms with van der Waals surface area (Å²) >= 11 is 6.07. The van der Waals surface area contributed by atoms with Crippen molar-refractivity contribution in [3.05, 3.63) is 57.9 Å². The van der Waals surface area contributed by atoms with Crippen molar-refractivity contribution in [2.45, 2.75) is 25.6 Å². The molecule has 0 aliphatic carbocycles. The Morgan fingerprint density at radius 1 is 1.24 bits per heavy atom. The Balaban J connectivity index is 1.50. The zero-order valence-corrected chi connectivity index (χ0v) is 16.9. The van der Waals surface area contributed by atoms with Gasteiger partial charge in [-0.15, -0.1) is 0 Å². The fraction of sp³-hybridized carbons (Fsp3) is 0.333. The zero-order valence-electron chi connectivity index (χ0n) is 15.3. The highest BCUT2D eigenvalue weighted by atomic mass is 35.5. The molecule has 11 heteroatoms. The van der Waals surface area contributed by atoms with Gasteiger partial charge in [0.05, 0.1) is 23.9 Å². The van der Waals surface area contributed by atoms with E-state index < -0.39 is 15.4 Å². The van der Waals surface area contributed by atoms with Gasteiger partial charge in [-0.2, -0.15) is 0 Å². The van der Waals surface area contributed by atoms with Crippen LogP contribution in [0.4, 0.5) is 0 Å². The molecule has 1 N–H and O–H groups in total. The summed E-state index contributed by atoms with van der Waals surface area (Å²) in [6, 6.07) is 6.87. The Morgan fingerprint density at radius 3 is 2.76 bits per heavy atom. The minimum Gasteiger partial charge on any atom is -0.350 e. The van der Waals surface area contributed by atoms with Crippen LogP contribution >= 0.6 is 11.6 Å². The summed E-state index contributed by atoms with van der Waals surface area (Å²) < 4.78 is 26.3. The minimum atomic E-state index is -3.08. The highest BCUT2D eigenvalue weighted by Gasteiger charge is 2.30. The molecule has 1 amide bonds. The molecular weight excluding hydrogens is 418 g/mol. The quantitative estimate of drug-likeness (QED) is 0.637. The van der Waals surface area contributed by atoms with Crippen LogP contribution in [0, 0.1) is 0 Å². The molecule has 4 rings (SSSR count). The molecule has 0 spiro atoms. The zero-order chi connectivity index (χ0) is 20.6. The summed E-state index contributed by atoms with van der Waals surface area (Å²) in [6.07, 6.45) is 3.18. The van der Waals surface area contributed by atoms with Gasteiger partial charge in [-0.3, -0.25) is 14.2 Å². The van der Waals surface area contributed by atoms with Crippen LogP contribution in [-0.4, -0.2) is 44.9 Å². The molecule has 1 aliphatic rings. The van der Waals surface area contributed by atoms with Crippen molar-refractivity contribution >= 4 is 38.5 Å². The maximum absolute atomic E-state index is 12.7. The van der Waals surface area contributed by atoms with Gasteiger partial charge in [0.25, 0.3) is 5.56 Å². The topological polar surface area (TPSA) is 116 Å². The lowest BCUT2D eigenvalue weighted by Crippen LogP contribution is -2.32. The number of fused-ring (bicyclic) bond motifs is 1. The van der Waals surface area contributed by atoms with Crippen LogP contribution in [0.15, 0.2) is 41.7 Å². The number of hydrogen-bond donors (Lipinski definition) is 1. The molecule has 3 aromatic rings. The molecule has 1 saturated heterocycles. The van der Waals surface area contributed by atoms with Gasteiger partial charge < -0.3 is 9.88 Å². The van der Waals surface area contributed by atoms with E-state index in [-0.39, 0.29) is 42.1 Å². The second kappa shape index (κ2) is 7.60. The van der Waals surface area contributed by atoms with E-state index in [1.807, 2.05) is 6.07 Å². The van der Waals surface area contributed by atoms with E-state index in [1.165, 1.54) is 17.2 Å². The highest BCUT2D eigenvalue weighted by molar-refractivity contribution is 7.91. The van der Waals surface area contributed by atoms with Crippen molar-refractivity contribution in [1.82, 2.24) is 24.4 Å². The number of carbonyl (C=O) groups is 1. The van der Waals surface area contributed by atoms with Crippen LogP contribution in [0.1, 0.15) is 18.0 Å². The Morgan fingerprint density at radius 2 is 2.03 bits per heavy atom. The smallest absolute Gasteiger partial charge is 0.281 e. The lowest BCUT2D eigenvalue weighted by Gasteiger charge is -2.11. The first-order valence-corrected chi connectivity index (χ1v) is 11.2. The van der Waals surface area contributed by atoms with E-state index in [0.717, 1.165) is 5.56 Å². The average Bonchev–Trinajstić information content (AvgIpc) is 3.26. The predicted octanol–water partition coefficient (Wildman–Crippen LogP) is 0.922. The highest BCUT2D eigenvalue weighted by Crippen LogP contribution is 2.25. The Kier molecular flexibility index (Phi) is 5.13. The molecule has 1 fully saturated rings. The fourth-order valence-corrected chi connectivity index (χ4v) is 5.28. The molecule has 1 atom stereocenters. The van der Waals surface area contributed by atoms with Crippen molar-refractivity contribution in [1.29, 1.82) is 0 Å². The lowest BCUT2D eigenvalue weighted by molar-refractivity contribution is -0.121. The molecule has 0 saturated carbocycles. The van der Waals surface area contributed by atoms with Crippen LogP contribution in [0.25, 0.3) is 11.2 Å². The molecule has 3 heterocycles. The number of amides is 1. The van der Waals surface area contributed by atoms with Gasteiger partial charge in [0.2, 0.25) is 5.91 Å². The van der Waals surface area contributed by atoms with Crippen LogP contribution in [0.2, 0.25) is 5.02 Å². The summed E-state index contributed by atoms with van der Waals surface area (Å²) in [5, 5.41) is 3.27. The van der Waals surface area contributed by atoms with Crippen molar-refractivity contribution in [3.63, 3.8) is 0 Å². The Bertz CT molecular complexity index is 1250. The van der Waals surface area contributed by atoms with Crippen molar-refractivity contribution in [3.8, 4) is 0 Å². The first-order valence-electron chi connectivity index (χ1n) is 8.96. The Labute approximate surface area is 171 Å². The molecular formula is C18H18ClN5O4S. The molecule has 0 radical (unpaired) electrons. The van der Waals surface area contributed by atoms with Gasteiger partial charge >= 0.3 is 0 Å². The monoisotopic (exact) mass is 435 g/mol. The maximum atomic E-state index is 12.7. The number of benzene rings is 1. The summed E-state index contributed by atoms with van der Waals surface area (Å²) in [5.74, 6) is -0.247. The van der Waals surface area contributed by atoms with E-state index >= 15 is 0 Å². The largest absolute Gasteiger partial charge is 0.350 e. The van der Waals surface area contributed by atoms with Crippen molar-refractivity contribution in [2.24, 2.45) is 0 Å². The lowest BCUT2D eigenvalue weighted by atomic mass is 10.2. The molecule has 1 aromatic carbocycles. The van der Waals surface area contributed by atoms with Crippen molar-refractivity contribution in [2.75, 3.05) is 11.5 Å². The number of imidazole rings is 1. The van der Waals surface area contributed by atoms with E-state index in [1.54, 1.807) is 22.8 Å². The summed E-state index contributed by atoms with van der Waals surface area (Å²) in [4.78, 5) is 33.3. The number of halogens is 1. The van der Waals surface area contributed by atoms with Gasteiger partial charge in [0.1, 0.15) is 12.9 Å². The SMILES string of the molecule is O=C(Cn1cnc2c(ncn2C2CCS(=O)(=O)C2)c1=O)NCc1ccccc1Cl. The fourth-order valence-electron chi connectivity index (χ4n) is 3.37. The van der Waals surface area contributed by atoms with E-state index in [9.17, 15) is 18.0 Å². The summed E-state index contributed by atoms with van der Waals surface area (Å²) in [7, 11) is -3.08.